The predicted molar refractivity (Wildman–Crippen MR) is 55.1 cm³/mol. The van der Waals surface area contributed by atoms with Gasteiger partial charge in [0.05, 0.1) is 18.1 Å². The average Bonchev–Trinajstić information content (AvgIpc) is 2.86. The molecule has 0 atom stereocenters. The molecule has 0 spiro atoms. The third kappa shape index (κ3) is 1.27. The van der Waals surface area contributed by atoms with Crippen molar-refractivity contribution in [3.05, 3.63) is 36.9 Å². The summed E-state index contributed by atoms with van der Waals surface area (Å²) in [7, 11) is 1.83. The van der Waals surface area contributed by atoms with E-state index in [-0.39, 0.29) is 0 Å². The SMILES string of the molecule is Cn1cc(-c2cc3ncc(F)n3cn2)cn1. The van der Waals surface area contributed by atoms with Crippen molar-refractivity contribution in [2.45, 2.75) is 0 Å². The van der Waals surface area contributed by atoms with E-state index in [1.165, 1.54) is 16.9 Å². The Hall–Kier alpha value is -2.24. The fraction of sp³-hybridized carbons (Fsp3) is 0.100. The lowest BCUT2D eigenvalue weighted by Gasteiger charge is -1.97. The number of imidazole rings is 1. The minimum atomic E-state index is -0.416. The van der Waals surface area contributed by atoms with Crippen LogP contribution in [0.15, 0.2) is 31.0 Å². The highest BCUT2D eigenvalue weighted by atomic mass is 19.1. The van der Waals surface area contributed by atoms with E-state index in [1.807, 2.05) is 13.2 Å². The first kappa shape index (κ1) is 9.02. The highest BCUT2D eigenvalue weighted by molar-refractivity contribution is 5.61. The molecular weight excluding hydrogens is 209 g/mol. The molecule has 16 heavy (non-hydrogen) atoms. The van der Waals surface area contributed by atoms with Gasteiger partial charge >= 0.3 is 0 Å². The highest BCUT2D eigenvalue weighted by Crippen LogP contribution is 2.17. The molecule has 3 aromatic rings. The first-order valence-corrected chi connectivity index (χ1v) is 4.71. The Morgan fingerprint density at radius 3 is 2.88 bits per heavy atom. The molecule has 0 aliphatic rings. The fourth-order valence-electron chi connectivity index (χ4n) is 1.57. The van der Waals surface area contributed by atoms with Crippen molar-refractivity contribution in [3.63, 3.8) is 0 Å². The molecule has 0 aliphatic heterocycles. The van der Waals surface area contributed by atoms with Gasteiger partial charge in [-0.2, -0.15) is 9.49 Å². The summed E-state index contributed by atoms with van der Waals surface area (Å²) in [5, 5.41) is 4.05. The third-order valence-corrected chi connectivity index (χ3v) is 2.36. The minimum absolute atomic E-state index is 0.416. The van der Waals surface area contributed by atoms with E-state index in [4.69, 9.17) is 0 Å². The van der Waals surface area contributed by atoms with Crippen LogP contribution in [0.25, 0.3) is 16.9 Å². The predicted octanol–water partition coefficient (Wildman–Crippen LogP) is 1.27. The van der Waals surface area contributed by atoms with Gasteiger partial charge < -0.3 is 0 Å². The Kier molecular flexibility index (Phi) is 1.76. The molecule has 0 bridgehead atoms. The zero-order valence-electron chi connectivity index (χ0n) is 8.50. The van der Waals surface area contributed by atoms with Gasteiger partial charge in [-0.25, -0.2) is 9.97 Å². The third-order valence-electron chi connectivity index (χ3n) is 2.36. The number of hydrogen-bond donors (Lipinski definition) is 0. The second-order valence-electron chi connectivity index (χ2n) is 3.49. The molecule has 0 aliphatic carbocycles. The quantitative estimate of drug-likeness (QED) is 0.616. The van der Waals surface area contributed by atoms with Crippen LogP contribution in [-0.2, 0) is 7.05 Å². The normalized spacial score (nSPS) is 11.1. The van der Waals surface area contributed by atoms with Crippen LogP contribution in [0.1, 0.15) is 0 Å². The Labute approximate surface area is 90.2 Å². The van der Waals surface area contributed by atoms with Crippen molar-refractivity contribution < 1.29 is 4.39 Å². The maximum atomic E-state index is 13.1. The first-order chi connectivity index (χ1) is 7.74. The molecule has 0 radical (unpaired) electrons. The number of nitrogens with zero attached hydrogens (tertiary/aromatic N) is 5. The van der Waals surface area contributed by atoms with Crippen molar-refractivity contribution in [1.82, 2.24) is 24.1 Å². The zero-order chi connectivity index (χ0) is 11.1. The summed E-state index contributed by atoms with van der Waals surface area (Å²) in [5.41, 5.74) is 2.14. The van der Waals surface area contributed by atoms with Gasteiger partial charge in [0.25, 0.3) is 0 Å². The average molecular weight is 217 g/mol. The molecular formula is C10H8FN5. The number of halogens is 1. The second-order valence-corrected chi connectivity index (χ2v) is 3.49. The lowest BCUT2D eigenvalue weighted by atomic mass is 10.2. The summed E-state index contributed by atoms with van der Waals surface area (Å²) in [5.74, 6) is -0.416. The van der Waals surface area contributed by atoms with Gasteiger partial charge in [-0.05, 0) is 0 Å². The Morgan fingerprint density at radius 2 is 2.12 bits per heavy atom. The Bertz CT molecular complexity index is 654. The van der Waals surface area contributed by atoms with Crippen LogP contribution in [0.5, 0.6) is 0 Å². The molecule has 0 amide bonds. The van der Waals surface area contributed by atoms with Crippen LogP contribution in [0, 0.1) is 5.95 Å². The van der Waals surface area contributed by atoms with Crippen molar-refractivity contribution in [2.75, 3.05) is 0 Å². The number of hydrogen-bond acceptors (Lipinski definition) is 3. The van der Waals surface area contributed by atoms with Gasteiger partial charge in [0.15, 0.2) is 0 Å². The number of rotatable bonds is 1. The maximum absolute atomic E-state index is 13.1. The summed E-state index contributed by atoms with van der Waals surface area (Å²) < 4.78 is 16.1. The van der Waals surface area contributed by atoms with Gasteiger partial charge in [-0.3, -0.25) is 9.08 Å². The van der Waals surface area contributed by atoms with Crippen molar-refractivity contribution in [2.24, 2.45) is 7.05 Å². The molecule has 3 heterocycles. The minimum Gasteiger partial charge on any atom is -0.275 e. The fourth-order valence-corrected chi connectivity index (χ4v) is 1.57. The van der Waals surface area contributed by atoms with Crippen LogP contribution in [-0.4, -0.2) is 24.1 Å². The standard InChI is InChI=1S/C10H8FN5/c1-15-5-7(3-14-15)8-2-10-12-4-9(11)16(10)6-13-8/h2-6H,1H3. The molecule has 0 N–H and O–H groups in total. The van der Waals surface area contributed by atoms with Crippen molar-refractivity contribution in [3.8, 4) is 11.3 Å². The van der Waals surface area contributed by atoms with Gasteiger partial charge in [0, 0.05) is 24.9 Å². The van der Waals surface area contributed by atoms with E-state index in [2.05, 4.69) is 15.1 Å². The Morgan fingerprint density at radius 1 is 1.25 bits per heavy atom. The summed E-state index contributed by atoms with van der Waals surface area (Å²) in [6.45, 7) is 0. The second kappa shape index (κ2) is 3.13. The highest BCUT2D eigenvalue weighted by Gasteiger charge is 2.06. The van der Waals surface area contributed by atoms with Crippen LogP contribution < -0.4 is 0 Å². The number of aryl methyl sites for hydroxylation is 1. The van der Waals surface area contributed by atoms with E-state index in [0.717, 1.165) is 11.3 Å². The van der Waals surface area contributed by atoms with Gasteiger partial charge in [-0.1, -0.05) is 0 Å². The van der Waals surface area contributed by atoms with Crippen LogP contribution in [0.2, 0.25) is 0 Å². The largest absolute Gasteiger partial charge is 0.275 e. The van der Waals surface area contributed by atoms with Crippen LogP contribution in [0.4, 0.5) is 4.39 Å². The molecule has 80 valence electrons. The van der Waals surface area contributed by atoms with Gasteiger partial charge in [-0.15, -0.1) is 0 Å². The number of aromatic nitrogens is 5. The van der Waals surface area contributed by atoms with Crippen LogP contribution >= 0.6 is 0 Å². The maximum Gasteiger partial charge on any atom is 0.219 e. The molecule has 3 rings (SSSR count). The van der Waals surface area contributed by atoms with Gasteiger partial charge in [0.2, 0.25) is 5.95 Å². The Balaban J connectivity index is 2.18. The van der Waals surface area contributed by atoms with E-state index in [1.54, 1.807) is 16.9 Å². The molecule has 3 aromatic heterocycles. The van der Waals surface area contributed by atoms with E-state index in [0.29, 0.717) is 5.65 Å². The van der Waals surface area contributed by atoms with Crippen molar-refractivity contribution >= 4 is 5.65 Å². The molecule has 0 aromatic carbocycles. The molecule has 0 fully saturated rings. The van der Waals surface area contributed by atoms with E-state index < -0.39 is 5.95 Å². The first-order valence-electron chi connectivity index (χ1n) is 4.71. The summed E-state index contributed by atoms with van der Waals surface area (Å²) in [4.78, 5) is 8.09. The summed E-state index contributed by atoms with van der Waals surface area (Å²) >= 11 is 0. The van der Waals surface area contributed by atoms with Crippen LogP contribution in [0.3, 0.4) is 0 Å². The zero-order valence-corrected chi connectivity index (χ0v) is 8.50. The molecule has 5 nitrogen and oxygen atoms in total. The van der Waals surface area contributed by atoms with E-state index in [9.17, 15) is 4.39 Å². The summed E-state index contributed by atoms with van der Waals surface area (Å²) in [6, 6.07) is 1.72. The molecule has 0 saturated heterocycles. The summed E-state index contributed by atoms with van der Waals surface area (Å²) in [6.07, 6.45) is 6.14. The van der Waals surface area contributed by atoms with Crippen molar-refractivity contribution in [1.29, 1.82) is 0 Å². The topological polar surface area (TPSA) is 48.0 Å². The number of fused-ring (bicyclic) bond motifs is 1. The monoisotopic (exact) mass is 217 g/mol. The lowest BCUT2D eigenvalue weighted by Crippen LogP contribution is -1.92. The molecule has 0 saturated carbocycles. The van der Waals surface area contributed by atoms with Gasteiger partial charge in [0.1, 0.15) is 12.0 Å². The molecule has 0 unspecified atom stereocenters. The van der Waals surface area contributed by atoms with E-state index >= 15 is 0 Å². The smallest absolute Gasteiger partial charge is 0.219 e. The molecule has 6 heteroatoms. The lowest BCUT2D eigenvalue weighted by molar-refractivity contribution is 0.570.